The van der Waals surface area contributed by atoms with Crippen molar-refractivity contribution in [3.05, 3.63) is 88.5 Å². The molecule has 7 heteroatoms. The Morgan fingerprint density at radius 2 is 1.86 bits per heavy atom. The summed E-state index contributed by atoms with van der Waals surface area (Å²) in [6.45, 7) is 0. The third-order valence-electron chi connectivity index (χ3n) is 4.48. The zero-order chi connectivity index (χ0) is 20.2. The second-order valence-corrected chi connectivity index (χ2v) is 8.54. The largest absolute Gasteiger partial charge is 0.388 e. The molecule has 3 N–H and O–H groups in total. The smallest absolute Gasteiger partial charge is 0.255 e. The van der Waals surface area contributed by atoms with Crippen LogP contribution in [0.25, 0.3) is 10.9 Å². The highest BCUT2D eigenvalue weighted by atomic mass is 79.9. The molecule has 5 nitrogen and oxygen atoms in total. The van der Waals surface area contributed by atoms with Crippen molar-refractivity contribution < 1.29 is 9.90 Å². The van der Waals surface area contributed by atoms with E-state index in [2.05, 4.69) is 31.4 Å². The summed E-state index contributed by atoms with van der Waals surface area (Å²) < 4.78 is 0.986. The fraction of sp³-hybridized carbons (Fsp3) is 0.0909. The quantitative estimate of drug-likeness (QED) is 0.331. The van der Waals surface area contributed by atoms with Crippen LogP contribution in [0.4, 0.5) is 5.69 Å². The van der Waals surface area contributed by atoms with E-state index in [1.165, 1.54) is 0 Å². The predicted octanol–water partition coefficient (Wildman–Crippen LogP) is 5.40. The van der Waals surface area contributed by atoms with Gasteiger partial charge >= 0.3 is 0 Å². The van der Waals surface area contributed by atoms with Gasteiger partial charge in [0.1, 0.15) is 0 Å². The van der Waals surface area contributed by atoms with Gasteiger partial charge in [-0.05, 0) is 60.2 Å². The van der Waals surface area contributed by atoms with E-state index in [-0.39, 0.29) is 5.91 Å². The number of thioether (sulfide) groups is 1. The second-order valence-electron chi connectivity index (χ2n) is 6.53. The number of fused-ring (bicyclic) bond motifs is 1. The standard InChI is InChI=1S/C22H18BrN3O2S/c23-17-6-1-14(2-7-17)21(27)13-29-19-9-4-15(5-10-19)22(28)25-18-8-3-16-12-24-26-20(16)11-18/h1-12,21,27H,13H2,(H,24,26)(H,25,28). The van der Waals surface area contributed by atoms with Gasteiger partial charge in [0.05, 0.1) is 17.8 Å². The van der Waals surface area contributed by atoms with Gasteiger partial charge in [-0.1, -0.05) is 28.1 Å². The molecule has 1 heterocycles. The number of carbonyl (C=O) groups excluding carboxylic acids is 1. The van der Waals surface area contributed by atoms with Crippen molar-refractivity contribution in [2.45, 2.75) is 11.0 Å². The highest BCUT2D eigenvalue weighted by molar-refractivity contribution is 9.10. The van der Waals surface area contributed by atoms with Crippen LogP contribution in [0.15, 0.2) is 82.3 Å². The van der Waals surface area contributed by atoms with Crippen molar-refractivity contribution >= 4 is 50.2 Å². The number of aliphatic hydroxyl groups is 1. The van der Waals surface area contributed by atoms with Crippen LogP contribution in [0.1, 0.15) is 22.0 Å². The molecule has 0 bridgehead atoms. The average Bonchev–Trinajstić information content (AvgIpc) is 3.21. The SMILES string of the molecule is O=C(Nc1ccc2cn[nH]c2c1)c1ccc(SCC(O)c2ccc(Br)cc2)cc1. The van der Waals surface area contributed by atoms with Crippen LogP contribution in [-0.4, -0.2) is 27.0 Å². The molecule has 4 aromatic rings. The summed E-state index contributed by atoms with van der Waals surface area (Å²) in [4.78, 5) is 13.5. The van der Waals surface area contributed by atoms with Crippen LogP contribution in [0, 0.1) is 0 Å². The highest BCUT2D eigenvalue weighted by Crippen LogP contribution is 2.26. The Balaban J connectivity index is 1.35. The summed E-state index contributed by atoms with van der Waals surface area (Å²) in [5.74, 6) is 0.368. The lowest BCUT2D eigenvalue weighted by atomic mass is 10.1. The van der Waals surface area contributed by atoms with E-state index in [1.807, 2.05) is 54.6 Å². The first-order chi connectivity index (χ1) is 14.1. The molecule has 0 aliphatic heterocycles. The maximum Gasteiger partial charge on any atom is 0.255 e. The normalized spacial score (nSPS) is 12.1. The zero-order valence-corrected chi connectivity index (χ0v) is 17.7. The van der Waals surface area contributed by atoms with Gasteiger partial charge in [0.2, 0.25) is 0 Å². The minimum atomic E-state index is -0.548. The zero-order valence-electron chi connectivity index (χ0n) is 15.3. The molecule has 0 radical (unpaired) electrons. The first-order valence-electron chi connectivity index (χ1n) is 8.99. The lowest BCUT2D eigenvalue weighted by Crippen LogP contribution is -2.11. The minimum absolute atomic E-state index is 0.171. The van der Waals surface area contributed by atoms with Crippen LogP contribution in [0.5, 0.6) is 0 Å². The Kier molecular flexibility index (Phi) is 5.99. The van der Waals surface area contributed by atoms with Crippen molar-refractivity contribution in [2.75, 3.05) is 11.1 Å². The summed E-state index contributed by atoms with van der Waals surface area (Å²) in [6, 6.07) is 20.6. The monoisotopic (exact) mass is 467 g/mol. The molecule has 1 aromatic heterocycles. The van der Waals surface area contributed by atoms with Gasteiger partial charge in [-0.2, -0.15) is 5.10 Å². The van der Waals surface area contributed by atoms with Crippen molar-refractivity contribution in [2.24, 2.45) is 0 Å². The fourth-order valence-electron chi connectivity index (χ4n) is 2.88. The fourth-order valence-corrected chi connectivity index (χ4v) is 4.01. The molecule has 0 saturated carbocycles. The molecular weight excluding hydrogens is 450 g/mol. The molecular formula is C22H18BrN3O2S. The second kappa shape index (κ2) is 8.82. The third kappa shape index (κ3) is 4.87. The summed E-state index contributed by atoms with van der Waals surface area (Å²) in [5.41, 5.74) is 3.04. The van der Waals surface area contributed by atoms with Crippen LogP contribution < -0.4 is 5.32 Å². The van der Waals surface area contributed by atoms with E-state index in [4.69, 9.17) is 0 Å². The maximum atomic E-state index is 12.5. The maximum absolute atomic E-state index is 12.5. The highest BCUT2D eigenvalue weighted by Gasteiger charge is 2.10. The van der Waals surface area contributed by atoms with Crippen molar-refractivity contribution in [3.63, 3.8) is 0 Å². The molecule has 1 amide bonds. The Hall–Kier alpha value is -2.61. The lowest BCUT2D eigenvalue weighted by molar-refractivity contribution is 0.102. The molecule has 0 spiro atoms. The molecule has 0 saturated heterocycles. The number of rotatable bonds is 6. The third-order valence-corrected chi connectivity index (χ3v) is 6.10. The summed E-state index contributed by atoms with van der Waals surface area (Å²) in [6.07, 6.45) is 1.19. The number of aliphatic hydroxyl groups excluding tert-OH is 1. The van der Waals surface area contributed by atoms with E-state index in [0.717, 1.165) is 25.8 Å². The molecule has 0 aliphatic rings. The Morgan fingerprint density at radius 1 is 1.10 bits per heavy atom. The molecule has 0 fully saturated rings. The number of benzene rings is 3. The first kappa shape index (κ1) is 19.7. The van der Waals surface area contributed by atoms with Gasteiger partial charge < -0.3 is 10.4 Å². The summed E-state index contributed by atoms with van der Waals surface area (Å²) >= 11 is 4.94. The van der Waals surface area contributed by atoms with Crippen LogP contribution in [-0.2, 0) is 0 Å². The molecule has 1 atom stereocenters. The summed E-state index contributed by atoms with van der Waals surface area (Å²) in [5, 5.41) is 21.1. The predicted molar refractivity (Wildman–Crippen MR) is 120 cm³/mol. The van der Waals surface area contributed by atoms with Gasteiger partial charge in [-0.25, -0.2) is 0 Å². The molecule has 3 aromatic carbocycles. The molecule has 29 heavy (non-hydrogen) atoms. The topological polar surface area (TPSA) is 78.0 Å². The van der Waals surface area contributed by atoms with Crippen molar-refractivity contribution in [1.82, 2.24) is 10.2 Å². The van der Waals surface area contributed by atoms with Crippen LogP contribution in [0.2, 0.25) is 0 Å². The van der Waals surface area contributed by atoms with Gasteiger partial charge in [0, 0.05) is 31.8 Å². The van der Waals surface area contributed by atoms with Gasteiger partial charge in [-0.15, -0.1) is 11.8 Å². The number of H-pyrrole nitrogens is 1. The number of halogens is 1. The number of anilines is 1. The summed E-state index contributed by atoms with van der Waals surface area (Å²) in [7, 11) is 0. The number of aromatic amines is 1. The Labute approximate surface area is 180 Å². The number of hydrogen-bond acceptors (Lipinski definition) is 4. The van der Waals surface area contributed by atoms with E-state index in [9.17, 15) is 9.90 Å². The number of hydrogen-bond donors (Lipinski definition) is 3. The minimum Gasteiger partial charge on any atom is -0.388 e. The number of carbonyl (C=O) groups is 1. The average molecular weight is 468 g/mol. The number of aromatic nitrogens is 2. The van der Waals surface area contributed by atoms with E-state index >= 15 is 0 Å². The Bertz CT molecular complexity index is 1130. The molecule has 146 valence electrons. The van der Waals surface area contributed by atoms with Crippen molar-refractivity contribution in [1.29, 1.82) is 0 Å². The van der Waals surface area contributed by atoms with Gasteiger partial charge in [0.15, 0.2) is 0 Å². The molecule has 4 rings (SSSR count). The number of nitrogens with one attached hydrogen (secondary N) is 2. The van der Waals surface area contributed by atoms with E-state index in [1.54, 1.807) is 30.1 Å². The van der Waals surface area contributed by atoms with E-state index in [0.29, 0.717) is 17.0 Å². The molecule has 1 unspecified atom stereocenters. The lowest BCUT2D eigenvalue weighted by Gasteiger charge is -2.11. The Morgan fingerprint density at radius 3 is 2.62 bits per heavy atom. The van der Waals surface area contributed by atoms with Gasteiger partial charge in [-0.3, -0.25) is 9.89 Å². The number of amides is 1. The van der Waals surface area contributed by atoms with Crippen LogP contribution >= 0.6 is 27.7 Å². The number of nitrogens with zero attached hydrogens (tertiary/aromatic N) is 1. The van der Waals surface area contributed by atoms with Crippen LogP contribution in [0.3, 0.4) is 0 Å². The van der Waals surface area contributed by atoms with Crippen molar-refractivity contribution in [3.8, 4) is 0 Å². The first-order valence-corrected chi connectivity index (χ1v) is 10.8. The molecule has 0 aliphatic carbocycles. The van der Waals surface area contributed by atoms with Gasteiger partial charge in [0.25, 0.3) is 5.91 Å². The van der Waals surface area contributed by atoms with E-state index < -0.39 is 6.10 Å².